The zero-order valence-electron chi connectivity index (χ0n) is 33.0. The highest BCUT2D eigenvalue weighted by atomic mass is 14.1. The lowest BCUT2D eigenvalue weighted by Crippen LogP contribution is -2.00. The Kier molecular flexibility index (Phi) is 43.0. The highest BCUT2D eigenvalue weighted by Gasteiger charge is 2.07. The lowest BCUT2D eigenvalue weighted by atomic mass is 9.90. The minimum absolute atomic E-state index is 0.967. The molecule has 0 amide bonds. The molecule has 1 radical (unpaired) electrons. The lowest BCUT2D eigenvalue weighted by molar-refractivity contribution is 0.381. The van der Waals surface area contributed by atoms with Crippen LogP contribution in [0, 0.1) is 12.8 Å². The van der Waals surface area contributed by atoms with Gasteiger partial charge in [0.05, 0.1) is 0 Å². The number of unbranched alkanes of at least 4 members (excludes halogenated alkanes) is 36. The Labute approximate surface area is 295 Å². The van der Waals surface area contributed by atoms with E-state index in [9.17, 15) is 0 Å². The molecule has 0 aliphatic rings. The van der Waals surface area contributed by atoms with E-state index in [1.807, 2.05) is 0 Å². The van der Waals surface area contributed by atoms with Crippen LogP contribution in [0.3, 0.4) is 0 Å². The van der Waals surface area contributed by atoms with Crippen molar-refractivity contribution in [3.8, 4) is 0 Å². The summed E-state index contributed by atoms with van der Waals surface area (Å²) in [4.78, 5) is 0. The molecule has 0 saturated heterocycles. The summed E-state index contributed by atoms with van der Waals surface area (Å²) >= 11 is 0. The molecule has 0 aromatic carbocycles. The van der Waals surface area contributed by atoms with E-state index in [-0.39, 0.29) is 0 Å². The molecule has 0 heterocycles. The van der Waals surface area contributed by atoms with Gasteiger partial charge in [0.2, 0.25) is 0 Å². The largest absolute Gasteiger partial charge is 0.0654 e. The first kappa shape index (κ1) is 46.0. The summed E-state index contributed by atoms with van der Waals surface area (Å²) in [6.45, 7) is 8.81. The number of rotatable bonds is 42. The Morgan fingerprint density at radius 1 is 0.239 bits per heavy atom. The third kappa shape index (κ3) is 40.2. The minimum atomic E-state index is 0.967. The van der Waals surface area contributed by atoms with Crippen LogP contribution in [0.15, 0.2) is 0 Å². The van der Waals surface area contributed by atoms with Crippen LogP contribution in [-0.2, 0) is 0 Å². The van der Waals surface area contributed by atoms with E-state index in [1.54, 1.807) is 0 Å². The van der Waals surface area contributed by atoms with Crippen molar-refractivity contribution >= 4 is 0 Å². The lowest BCUT2D eigenvalue weighted by Gasteiger charge is -2.16. The maximum Gasteiger partial charge on any atom is -0.0414 e. The summed E-state index contributed by atoms with van der Waals surface area (Å²) in [6, 6.07) is 0. The van der Waals surface area contributed by atoms with Crippen molar-refractivity contribution in [3.63, 3.8) is 0 Å². The van der Waals surface area contributed by atoms with Gasteiger partial charge in [0.1, 0.15) is 0 Å². The minimum Gasteiger partial charge on any atom is -0.0654 e. The summed E-state index contributed by atoms with van der Waals surface area (Å²) in [7, 11) is 0. The van der Waals surface area contributed by atoms with Crippen LogP contribution < -0.4 is 0 Å². The highest BCUT2D eigenvalue weighted by molar-refractivity contribution is 4.62. The Balaban J connectivity index is 3.33. The van der Waals surface area contributed by atoms with Crippen molar-refractivity contribution in [1.82, 2.24) is 0 Å². The van der Waals surface area contributed by atoms with Crippen molar-refractivity contribution in [2.75, 3.05) is 0 Å². The molecule has 277 valence electrons. The molecule has 0 aliphatic heterocycles. The second-order valence-corrected chi connectivity index (χ2v) is 15.8. The van der Waals surface area contributed by atoms with Gasteiger partial charge in [-0.05, 0) is 5.92 Å². The molecule has 0 aromatic rings. The number of hydrogen-bond donors (Lipinski definition) is 0. The van der Waals surface area contributed by atoms with Crippen molar-refractivity contribution in [3.05, 3.63) is 6.92 Å². The van der Waals surface area contributed by atoms with E-state index in [1.165, 1.54) is 263 Å². The third-order valence-corrected chi connectivity index (χ3v) is 11.0. The average molecular weight is 646 g/mol. The molecular weight excluding hydrogens is 553 g/mol. The molecule has 1 atom stereocenters. The summed E-state index contributed by atoms with van der Waals surface area (Å²) in [5, 5.41) is 0. The van der Waals surface area contributed by atoms with Gasteiger partial charge in [0.15, 0.2) is 0 Å². The predicted octanol–water partition coefficient (Wildman–Crippen LogP) is 17.9. The van der Waals surface area contributed by atoms with Gasteiger partial charge < -0.3 is 0 Å². The van der Waals surface area contributed by atoms with Crippen molar-refractivity contribution in [1.29, 1.82) is 0 Å². The van der Waals surface area contributed by atoms with Gasteiger partial charge >= 0.3 is 0 Å². The Morgan fingerprint density at radius 2 is 0.413 bits per heavy atom. The van der Waals surface area contributed by atoms with Crippen LogP contribution in [0.25, 0.3) is 0 Å². The van der Waals surface area contributed by atoms with E-state index in [0.29, 0.717) is 0 Å². The first-order chi connectivity index (χ1) is 22.8. The van der Waals surface area contributed by atoms with Gasteiger partial charge in [0, 0.05) is 0 Å². The molecule has 0 aromatic heterocycles. The fraction of sp³-hybridized carbons (Fsp3) is 0.978. The van der Waals surface area contributed by atoms with E-state index >= 15 is 0 Å². The maximum absolute atomic E-state index is 4.19. The van der Waals surface area contributed by atoms with Gasteiger partial charge in [-0.15, -0.1) is 0 Å². The van der Waals surface area contributed by atoms with Gasteiger partial charge in [-0.3, -0.25) is 0 Å². The molecule has 0 fully saturated rings. The second kappa shape index (κ2) is 43.0. The first-order valence-electron chi connectivity index (χ1n) is 22.6. The van der Waals surface area contributed by atoms with Crippen LogP contribution in [0.2, 0.25) is 0 Å². The van der Waals surface area contributed by atoms with Crippen LogP contribution in [-0.4, -0.2) is 0 Å². The van der Waals surface area contributed by atoms with Gasteiger partial charge in [-0.25, -0.2) is 0 Å². The highest BCUT2D eigenvalue weighted by Crippen LogP contribution is 2.24. The van der Waals surface area contributed by atoms with Crippen molar-refractivity contribution in [2.45, 2.75) is 284 Å². The molecule has 0 heteroatoms. The normalized spacial score (nSPS) is 12.3. The molecule has 46 heavy (non-hydrogen) atoms. The van der Waals surface area contributed by atoms with E-state index in [2.05, 4.69) is 20.8 Å². The van der Waals surface area contributed by atoms with E-state index in [0.717, 1.165) is 12.3 Å². The molecular formula is C46H93. The molecule has 0 nitrogen and oxygen atoms in total. The quantitative estimate of drug-likeness (QED) is 0.0579. The van der Waals surface area contributed by atoms with E-state index in [4.69, 9.17) is 0 Å². The first-order valence-corrected chi connectivity index (χ1v) is 22.6. The fourth-order valence-electron chi connectivity index (χ4n) is 7.74. The zero-order valence-corrected chi connectivity index (χ0v) is 33.0. The summed E-state index contributed by atoms with van der Waals surface area (Å²) in [5.41, 5.74) is 0. The standard InChI is InChI=1S/C46H93/c1-4-7-9-11-13-15-17-19-21-23-25-26-28-30-32-34-36-38-40-42-45-46(43-6-3)44-41-39-37-35-33-31-29-27-24-22-20-18-16-14-12-10-8-5-2/h46H,3-45H2,1-2H3. The monoisotopic (exact) mass is 646 g/mol. The average Bonchev–Trinajstić information content (AvgIpc) is 3.06. The Bertz CT molecular complexity index is 494. The van der Waals surface area contributed by atoms with Crippen LogP contribution in [0.5, 0.6) is 0 Å². The topological polar surface area (TPSA) is 0 Å². The molecule has 0 rings (SSSR count). The fourth-order valence-corrected chi connectivity index (χ4v) is 7.74. The SMILES string of the molecule is [CH2]CCC(CCCCCCCCCCCCCCCCCCCC)CCCCCCCCCCCCCCCCCCCCCC. The van der Waals surface area contributed by atoms with Gasteiger partial charge in [-0.1, -0.05) is 290 Å². The molecule has 1 unspecified atom stereocenters. The predicted molar refractivity (Wildman–Crippen MR) is 214 cm³/mol. The zero-order chi connectivity index (χ0) is 33.3. The summed E-state index contributed by atoms with van der Waals surface area (Å²) in [6.07, 6.45) is 61.6. The molecule has 0 N–H and O–H groups in total. The Morgan fingerprint density at radius 3 is 0.587 bits per heavy atom. The molecule has 0 saturated carbocycles. The Hall–Kier alpha value is 0. The van der Waals surface area contributed by atoms with E-state index < -0.39 is 0 Å². The van der Waals surface area contributed by atoms with Crippen LogP contribution in [0.1, 0.15) is 284 Å². The van der Waals surface area contributed by atoms with Gasteiger partial charge in [-0.2, -0.15) is 0 Å². The number of hydrogen-bond acceptors (Lipinski definition) is 0. The molecule has 0 aliphatic carbocycles. The van der Waals surface area contributed by atoms with Crippen LogP contribution >= 0.6 is 0 Å². The van der Waals surface area contributed by atoms with Crippen LogP contribution in [0.4, 0.5) is 0 Å². The summed E-state index contributed by atoms with van der Waals surface area (Å²) in [5.74, 6) is 0.967. The van der Waals surface area contributed by atoms with Crippen molar-refractivity contribution < 1.29 is 0 Å². The van der Waals surface area contributed by atoms with Crippen molar-refractivity contribution in [2.24, 2.45) is 5.92 Å². The molecule has 0 bridgehead atoms. The maximum atomic E-state index is 4.19. The smallest absolute Gasteiger partial charge is 0.0414 e. The summed E-state index contributed by atoms with van der Waals surface area (Å²) < 4.78 is 0. The second-order valence-electron chi connectivity index (χ2n) is 15.8. The van der Waals surface area contributed by atoms with Gasteiger partial charge in [0.25, 0.3) is 0 Å². The molecule has 0 spiro atoms. The third-order valence-electron chi connectivity index (χ3n) is 11.0.